The minimum Gasteiger partial charge on any atom is -0.493 e. The Labute approximate surface area is 104 Å². The van der Waals surface area contributed by atoms with Gasteiger partial charge < -0.3 is 4.74 Å². The summed E-state index contributed by atoms with van der Waals surface area (Å²) in [6, 6.07) is 5.78. The molecule has 0 spiro atoms. The molecule has 0 aliphatic heterocycles. The minimum atomic E-state index is 0.257. The van der Waals surface area contributed by atoms with Crippen LogP contribution in [0.15, 0.2) is 18.2 Å². The summed E-state index contributed by atoms with van der Waals surface area (Å²) >= 11 is 3.37. The summed E-state index contributed by atoms with van der Waals surface area (Å²) in [5.74, 6) is 1.15. The molecule has 0 saturated carbocycles. The topological polar surface area (TPSA) is 26.3 Å². The molecule has 3 heteroatoms. The van der Waals surface area contributed by atoms with Crippen LogP contribution in [0.25, 0.3) is 0 Å². The third-order valence-corrected chi connectivity index (χ3v) is 3.36. The highest BCUT2D eigenvalue weighted by Crippen LogP contribution is 2.29. The molecule has 0 unspecified atom stereocenters. The molecule has 1 aromatic carbocycles. The van der Waals surface area contributed by atoms with Crippen LogP contribution in [0.4, 0.5) is 0 Å². The van der Waals surface area contributed by atoms with E-state index in [0.717, 1.165) is 41.5 Å². The fourth-order valence-electron chi connectivity index (χ4n) is 2.02. The fraction of sp³-hybridized carbons (Fsp3) is 0.462. The number of carbonyl (C=O) groups excluding carboxylic acids is 1. The monoisotopic (exact) mass is 282 g/mol. The number of halogens is 1. The van der Waals surface area contributed by atoms with Gasteiger partial charge in [0.25, 0.3) is 0 Å². The average Bonchev–Trinajstić information content (AvgIpc) is 2.31. The molecular formula is C13H15BrO2. The highest BCUT2D eigenvalue weighted by Gasteiger charge is 2.19. The predicted octanol–water partition coefficient (Wildman–Crippen LogP) is 3.37. The maximum atomic E-state index is 11.7. The van der Waals surface area contributed by atoms with Gasteiger partial charge in [-0.05, 0) is 25.3 Å². The minimum absolute atomic E-state index is 0.257. The van der Waals surface area contributed by atoms with E-state index < -0.39 is 0 Å². The van der Waals surface area contributed by atoms with Crippen molar-refractivity contribution in [2.45, 2.75) is 25.7 Å². The van der Waals surface area contributed by atoms with Gasteiger partial charge in [-0.25, -0.2) is 0 Å². The highest BCUT2D eigenvalue weighted by molar-refractivity contribution is 9.09. The molecule has 0 fully saturated rings. The summed E-state index contributed by atoms with van der Waals surface area (Å²) in [4.78, 5) is 11.7. The first-order valence-electron chi connectivity index (χ1n) is 5.67. The molecule has 0 N–H and O–H groups in total. The Hall–Kier alpha value is -0.830. The van der Waals surface area contributed by atoms with Crippen molar-refractivity contribution >= 4 is 21.7 Å². The predicted molar refractivity (Wildman–Crippen MR) is 67.6 cm³/mol. The summed E-state index contributed by atoms with van der Waals surface area (Å²) in [5.41, 5.74) is 1.97. The van der Waals surface area contributed by atoms with Crippen LogP contribution in [-0.4, -0.2) is 17.7 Å². The zero-order chi connectivity index (χ0) is 11.4. The molecule has 2 rings (SSSR count). The van der Waals surface area contributed by atoms with Crippen LogP contribution >= 0.6 is 15.9 Å². The average molecular weight is 283 g/mol. The van der Waals surface area contributed by atoms with Crippen molar-refractivity contribution in [1.82, 2.24) is 0 Å². The van der Waals surface area contributed by atoms with E-state index in [1.165, 1.54) is 0 Å². The van der Waals surface area contributed by atoms with Crippen LogP contribution in [-0.2, 0) is 6.42 Å². The zero-order valence-electron chi connectivity index (χ0n) is 9.17. The second-order valence-electron chi connectivity index (χ2n) is 3.95. The van der Waals surface area contributed by atoms with Crippen molar-refractivity contribution in [2.75, 3.05) is 11.9 Å². The van der Waals surface area contributed by atoms with E-state index in [1.54, 1.807) is 0 Å². The van der Waals surface area contributed by atoms with E-state index in [-0.39, 0.29) is 5.78 Å². The van der Waals surface area contributed by atoms with Crippen molar-refractivity contribution in [2.24, 2.45) is 0 Å². The van der Waals surface area contributed by atoms with E-state index in [1.807, 2.05) is 18.2 Å². The Kier molecular flexibility index (Phi) is 3.99. The summed E-state index contributed by atoms with van der Waals surface area (Å²) in [6.07, 6.45) is 3.58. The number of hydrogen-bond donors (Lipinski definition) is 0. The second kappa shape index (κ2) is 5.48. The number of rotatable bonds is 4. The first kappa shape index (κ1) is 11.6. The molecule has 2 nitrogen and oxygen atoms in total. The maximum Gasteiger partial charge on any atom is 0.163 e. The lowest BCUT2D eigenvalue weighted by Gasteiger charge is -2.18. The number of Topliss-reactive ketones (excluding diaryl/α,β-unsaturated/α-hetero) is 1. The number of ketones is 1. The Balaban J connectivity index is 2.19. The van der Waals surface area contributed by atoms with Gasteiger partial charge in [-0.2, -0.15) is 0 Å². The quantitative estimate of drug-likeness (QED) is 0.625. The van der Waals surface area contributed by atoms with Crippen LogP contribution in [0, 0.1) is 0 Å². The van der Waals surface area contributed by atoms with Crippen LogP contribution in [0.1, 0.15) is 35.2 Å². The van der Waals surface area contributed by atoms with E-state index >= 15 is 0 Å². The van der Waals surface area contributed by atoms with Crippen molar-refractivity contribution in [3.05, 3.63) is 29.3 Å². The van der Waals surface area contributed by atoms with Crippen LogP contribution in [0.3, 0.4) is 0 Å². The largest absolute Gasteiger partial charge is 0.493 e. The number of carbonyl (C=O) groups is 1. The lowest BCUT2D eigenvalue weighted by atomic mass is 9.90. The smallest absolute Gasteiger partial charge is 0.163 e. The summed E-state index contributed by atoms with van der Waals surface area (Å²) in [5, 5.41) is 0.945. The third kappa shape index (κ3) is 2.46. The van der Waals surface area contributed by atoms with Gasteiger partial charge in [0.2, 0.25) is 0 Å². The zero-order valence-corrected chi connectivity index (χ0v) is 10.8. The SMILES string of the molecule is O=C1CCCc2c(OCCCBr)cccc21. The van der Waals surface area contributed by atoms with E-state index in [0.29, 0.717) is 13.0 Å². The lowest BCUT2D eigenvalue weighted by molar-refractivity contribution is 0.0971. The molecule has 0 bridgehead atoms. The summed E-state index contributed by atoms with van der Waals surface area (Å²) in [7, 11) is 0. The van der Waals surface area contributed by atoms with E-state index in [2.05, 4.69) is 15.9 Å². The van der Waals surface area contributed by atoms with E-state index in [9.17, 15) is 4.79 Å². The van der Waals surface area contributed by atoms with Gasteiger partial charge in [-0.15, -0.1) is 0 Å². The lowest BCUT2D eigenvalue weighted by Crippen LogP contribution is -2.12. The fourth-order valence-corrected chi connectivity index (χ4v) is 2.25. The molecule has 0 heterocycles. The number of hydrogen-bond acceptors (Lipinski definition) is 2. The Morgan fingerprint density at radius 3 is 3.00 bits per heavy atom. The van der Waals surface area contributed by atoms with Gasteiger partial charge in [-0.3, -0.25) is 4.79 Å². The Morgan fingerprint density at radius 2 is 2.19 bits per heavy atom. The number of benzene rings is 1. The normalized spacial score (nSPS) is 14.7. The van der Waals surface area contributed by atoms with Gasteiger partial charge >= 0.3 is 0 Å². The molecule has 16 heavy (non-hydrogen) atoms. The molecule has 0 radical (unpaired) electrons. The van der Waals surface area contributed by atoms with Crippen molar-refractivity contribution in [1.29, 1.82) is 0 Å². The Bertz CT molecular complexity index is 388. The van der Waals surface area contributed by atoms with Gasteiger partial charge in [0.1, 0.15) is 5.75 Å². The van der Waals surface area contributed by atoms with Crippen molar-refractivity contribution in [3.63, 3.8) is 0 Å². The van der Waals surface area contributed by atoms with E-state index in [4.69, 9.17) is 4.74 Å². The first-order chi connectivity index (χ1) is 7.83. The molecule has 1 aliphatic rings. The summed E-state index contributed by atoms with van der Waals surface area (Å²) < 4.78 is 5.71. The molecule has 86 valence electrons. The highest BCUT2D eigenvalue weighted by atomic mass is 79.9. The van der Waals surface area contributed by atoms with Gasteiger partial charge in [0, 0.05) is 22.9 Å². The molecular weight excluding hydrogens is 268 g/mol. The van der Waals surface area contributed by atoms with Crippen molar-refractivity contribution in [3.8, 4) is 5.75 Å². The molecule has 0 saturated heterocycles. The third-order valence-electron chi connectivity index (χ3n) is 2.80. The van der Waals surface area contributed by atoms with Crippen LogP contribution < -0.4 is 4.74 Å². The number of ether oxygens (including phenoxy) is 1. The number of alkyl halides is 1. The standard InChI is InChI=1S/C13H15BrO2/c14-8-3-9-16-13-7-2-4-10-11(13)5-1-6-12(10)15/h2,4,7H,1,3,5-6,8-9H2. The van der Waals surface area contributed by atoms with Crippen LogP contribution in [0.2, 0.25) is 0 Å². The molecule has 0 amide bonds. The molecule has 1 aliphatic carbocycles. The molecule has 0 atom stereocenters. The second-order valence-corrected chi connectivity index (χ2v) is 4.74. The maximum absolute atomic E-state index is 11.7. The Morgan fingerprint density at radius 1 is 1.31 bits per heavy atom. The van der Waals surface area contributed by atoms with Gasteiger partial charge in [0.15, 0.2) is 5.78 Å². The number of fused-ring (bicyclic) bond motifs is 1. The van der Waals surface area contributed by atoms with Crippen LogP contribution in [0.5, 0.6) is 5.75 Å². The summed E-state index contributed by atoms with van der Waals surface area (Å²) in [6.45, 7) is 0.704. The van der Waals surface area contributed by atoms with Gasteiger partial charge in [0.05, 0.1) is 6.61 Å². The first-order valence-corrected chi connectivity index (χ1v) is 6.79. The molecule has 1 aromatic rings. The van der Waals surface area contributed by atoms with Crippen molar-refractivity contribution < 1.29 is 9.53 Å². The molecule has 0 aromatic heterocycles. The van der Waals surface area contributed by atoms with Gasteiger partial charge in [-0.1, -0.05) is 28.1 Å².